The van der Waals surface area contributed by atoms with Gasteiger partial charge in [0, 0.05) is 4.88 Å². The molecule has 22 heavy (non-hydrogen) atoms. The molecule has 2 aromatic rings. The van der Waals surface area contributed by atoms with Crippen molar-refractivity contribution >= 4 is 27.3 Å². The number of rotatable bonds is 5. The molecule has 2 rings (SSSR count). The molecule has 0 saturated heterocycles. The van der Waals surface area contributed by atoms with Crippen molar-refractivity contribution < 1.29 is 18.3 Å². The number of thiophene rings is 1. The van der Waals surface area contributed by atoms with Crippen molar-refractivity contribution in [2.75, 3.05) is 0 Å². The van der Waals surface area contributed by atoms with Gasteiger partial charge in [-0.05, 0) is 31.5 Å². The number of hydrogen-bond acceptors (Lipinski definition) is 5. The molecule has 0 aliphatic rings. The number of sulfonamides is 1. The van der Waals surface area contributed by atoms with Gasteiger partial charge >= 0.3 is 0 Å². The Hall–Kier alpha value is -1.90. The number of primary amides is 1. The quantitative estimate of drug-likeness (QED) is 0.772. The Balaban J connectivity index is 2.28. The summed E-state index contributed by atoms with van der Waals surface area (Å²) in [6.45, 7) is 3.34. The van der Waals surface area contributed by atoms with Gasteiger partial charge in [0.25, 0.3) is 5.91 Å². The normalized spacial score (nSPS) is 13.0. The number of nitrogens with two attached hydrogens (primary N) is 1. The largest absolute Gasteiger partial charge is 0.506 e. The molecule has 1 aromatic carbocycles. The number of hydrogen-bond donors (Lipinski definition) is 3. The van der Waals surface area contributed by atoms with Crippen molar-refractivity contribution in [1.29, 1.82) is 0 Å². The van der Waals surface area contributed by atoms with Crippen LogP contribution in [0.5, 0.6) is 5.75 Å². The third-order valence-electron chi connectivity index (χ3n) is 3.10. The van der Waals surface area contributed by atoms with Gasteiger partial charge in [-0.2, -0.15) is 0 Å². The molecule has 8 heteroatoms. The second-order valence-electron chi connectivity index (χ2n) is 4.84. The van der Waals surface area contributed by atoms with E-state index >= 15 is 0 Å². The summed E-state index contributed by atoms with van der Waals surface area (Å²) in [7, 11) is -3.70. The summed E-state index contributed by atoms with van der Waals surface area (Å²) in [5.74, 6) is -0.989. The molecular formula is C14H16N2O4S2. The lowest BCUT2D eigenvalue weighted by atomic mass is 10.2. The van der Waals surface area contributed by atoms with E-state index in [4.69, 9.17) is 5.73 Å². The first-order valence-electron chi connectivity index (χ1n) is 6.43. The molecule has 6 nitrogen and oxygen atoms in total. The summed E-state index contributed by atoms with van der Waals surface area (Å²) < 4.78 is 27.3. The first-order valence-corrected chi connectivity index (χ1v) is 8.73. The number of carbonyl (C=O) groups excluding carboxylic acids is 1. The number of aromatic hydroxyl groups is 1. The van der Waals surface area contributed by atoms with Crippen LogP contribution in [0.1, 0.15) is 33.1 Å². The summed E-state index contributed by atoms with van der Waals surface area (Å²) in [5.41, 5.74) is 5.77. The maximum Gasteiger partial charge on any atom is 0.262 e. The van der Waals surface area contributed by atoms with Crippen LogP contribution in [0.4, 0.5) is 0 Å². The minimum atomic E-state index is -3.70. The lowest BCUT2D eigenvalue weighted by Gasteiger charge is -2.14. The smallest absolute Gasteiger partial charge is 0.262 e. The van der Waals surface area contributed by atoms with E-state index in [0.29, 0.717) is 10.4 Å². The molecule has 0 bridgehead atoms. The van der Waals surface area contributed by atoms with Crippen molar-refractivity contribution in [3.05, 3.63) is 45.6 Å². The third kappa shape index (κ3) is 3.29. The lowest BCUT2D eigenvalue weighted by Crippen LogP contribution is -2.27. The molecule has 1 heterocycles. The highest BCUT2D eigenvalue weighted by molar-refractivity contribution is 7.89. The van der Waals surface area contributed by atoms with Crippen LogP contribution in [0, 0.1) is 6.92 Å². The average molecular weight is 340 g/mol. The molecule has 0 saturated carbocycles. The van der Waals surface area contributed by atoms with Gasteiger partial charge in [-0.25, -0.2) is 13.1 Å². The van der Waals surface area contributed by atoms with Gasteiger partial charge in [0.15, 0.2) is 0 Å². The van der Waals surface area contributed by atoms with Crippen molar-refractivity contribution in [2.45, 2.75) is 24.8 Å². The minimum Gasteiger partial charge on any atom is -0.506 e. The molecule has 1 unspecified atom stereocenters. The molecular weight excluding hydrogens is 324 g/mol. The molecule has 118 valence electrons. The summed E-state index contributed by atoms with van der Waals surface area (Å²) in [6, 6.07) is 7.37. The zero-order valence-electron chi connectivity index (χ0n) is 12.0. The molecule has 0 fully saturated rings. The third-order valence-corrected chi connectivity index (χ3v) is 6.12. The summed E-state index contributed by atoms with van der Waals surface area (Å²) in [6.07, 6.45) is 0. The number of aryl methyl sites for hydroxylation is 1. The fourth-order valence-corrected chi connectivity index (χ4v) is 4.45. The Morgan fingerprint density at radius 3 is 2.55 bits per heavy atom. The van der Waals surface area contributed by atoms with E-state index in [1.165, 1.54) is 12.1 Å². The summed E-state index contributed by atoms with van der Waals surface area (Å²) >= 11 is 0.964. The van der Waals surface area contributed by atoms with E-state index in [2.05, 4.69) is 4.72 Å². The highest BCUT2D eigenvalue weighted by Crippen LogP contribution is 2.32. The Morgan fingerprint density at radius 2 is 2.00 bits per heavy atom. The monoisotopic (exact) mass is 340 g/mol. The molecule has 1 aromatic heterocycles. The summed E-state index contributed by atoms with van der Waals surface area (Å²) in [4.78, 5) is 11.8. The van der Waals surface area contributed by atoms with Gasteiger partial charge in [-0.15, -0.1) is 11.3 Å². The molecule has 0 aliphatic heterocycles. The second-order valence-corrected chi connectivity index (χ2v) is 7.60. The number of amides is 1. The van der Waals surface area contributed by atoms with Gasteiger partial charge in [-0.1, -0.05) is 18.2 Å². The number of carbonyl (C=O) groups is 1. The number of nitrogens with one attached hydrogen (secondary N) is 1. The van der Waals surface area contributed by atoms with Crippen LogP contribution < -0.4 is 10.5 Å². The predicted molar refractivity (Wildman–Crippen MR) is 84.4 cm³/mol. The Bertz CT molecular complexity index is 812. The van der Waals surface area contributed by atoms with E-state index in [1.807, 2.05) is 0 Å². The second kappa shape index (κ2) is 6.07. The molecule has 4 N–H and O–H groups in total. The lowest BCUT2D eigenvalue weighted by molar-refractivity contribution is 0.100. The van der Waals surface area contributed by atoms with Gasteiger partial charge in [0.2, 0.25) is 10.0 Å². The van der Waals surface area contributed by atoms with E-state index in [9.17, 15) is 18.3 Å². The standard InChI is InChI=1S/C14H16N2O4S2/c1-8-5-3-4-6-12(8)22(19,20)16-9(2)11-7-10(17)13(21-11)14(15)18/h3-7,9,16-17H,1-2H3,(H2,15,18). The minimum absolute atomic E-state index is 0.0111. The van der Waals surface area contributed by atoms with Crippen LogP contribution in [0.25, 0.3) is 0 Å². The molecule has 1 atom stereocenters. The Labute approximate surface area is 132 Å². The zero-order valence-corrected chi connectivity index (χ0v) is 13.7. The van der Waals surface area contributed by atoms with Gasteiger partial charge in [-0.3, -0.25) is 4.79 Å². The average Bonchev–Trinajstić information content (AvgIpc) is 2.81. The maximum absolute atomic E-state index is 12.4. The highest BCUT2D eigenvalue weighted by atomic mass is 32.2. The van der Waals surface area contributed by atoms with Crippen LogP contribution in [0.15, 0.2) is 35.2 Å². The summed E-state index contributed by atoms with van der Waals surface area (Å²) in [5, 5.41) is 9.64. The first kappa shape index (κ1) is 16.5. The predicted octanol–water partition coefficient (Wildman–Crippen LogP) is 1.90. The van der Waals surface area contributed by atoms with Crippen molar-refractivity contribution in [2.24, 2.45) is 5.73 Å². The Morgan fingerprint density at radius 1 is 1.36 bits per heavy atom. The van der Waals surface area contributed by atoms with E-state index in [-0.39, 0.29) is 15.5 Å². The van der Waals surface area contributed by atoms with Crippen molar-refractivity contribution in [3.63, 3.8) is 0 Å². The molecule has 0 radical (unpaired) electrons. The highest BCUT2D eigenvalue weighted by Gasteiger charge is 2.23. The fraction of sp³-hybridized carbons (Fsp3) is 0.214. The van der Waals surface area contributed by atoms with Crippen LogP contribution in [-0.2, 0) is 10.0 Å². The molecule has 0 aliphatic carbocycles. The topological polar surface area (TPSA) is 109 Å². The number of benzene rings is 1. The van der Waals surface area contributed by atoms with Gasteiger partial charge in [0.05, 0.1) is 10.9 Å². The molecule has 0 spiro atoms. The maximum atomic E-state index is 12.4. The SMILES string of the molecule is Cc1ccccc1S(=O)(=O)NC(C)c1cc(O)c(C(N)=O)s1. The molecule has 1 amide bonds. The zero-order chi connectivity index (χ0) is 16.5. The van der Waals surface area contributed by atoms with Crippen LogP contribution in [-0.4, -0.2) is 19.4 Å². The Kier molecular flexibility index (Phi) is 4.55. The van der Waals surface area contributed by atoms with Crippen molar-refractivity contribution in [1.82, 2.24) is 4.72 Å². The van der Waals surface area contributed by atoms with Crippen molar-refractivity contribution in [3.8, 4) is 5.75 Å². The fourth-order valence-electron chi connectivity index (χ4n) is 2.00. The first-order chi connectivity index (χ1) is 10.2. The van der Waals surface area contributed by atoms with E-state index in [1.54, 1.807) is 32.0 Å². The van der Waals surface area contributed by atoms with Crippen LogP contribution >= 0.6 is 11.3 Å². The van der Waals surface area contributed by atoms with E-state index < -0.39 is 22.0 Å². The van der Waals surface area contributed by atoms with Crippen LogP contribution in [0.2, 0.25) is 0 Å². The van der Waals surface area contributed by atoms with E-state index in [0.717, 1.165) is 11.3 Å². The van der Waals surface area contributed by atoms with Gasteiger partial charge in [0.1, 0.15) is 10.6 Å². The van der Waals surface area contributed by atoms with Gasteiger partial charge < -0.3 is 10.8 Å². The van der Waals surface area contributed by atoms with Crippen LogP contribution in [0.3, 0.4) is 0 Å².